The lowest BCUT2D eigenvalue weighted by Crippen LogP contribution is -2.39. The molecule has 0 aliphatic heterocycles. The summed E-state index contributed by atoms with van der Waals surface area (Å²) >= 11 is 0. The second kappa shape index (κ2) is 19.8. The molecular weight excluding hydrogens is 613 g/mol. The average Bonchev–Trinajstić information content (AvgIpc) is 3.00. The van der Waals surface area contributed by atoms with E-state index in [1.807, 2.05) is 6.92 Å². The van der Waals surface area contributed by atoms with Gasteiger partial charge in [-0.1, -0.05) is 79.5 Å². The number of rotatable bonds is 13. The number of unbranched alkanes of at least 4 members (excludes halogenated alkanes) is 1. The Bertz CT molecular complexity index is 1390. The largest absolute Gasteiger partial charge is 0.485 e. The number of benzene rings is 1. The summed E-state index contributed by atoms with van der Waals surface area (Å²) in [5.41, 5.74) is 4.96. The van der Waals surface area contributed by atoms with Crippen LogP contribution in [0.1, 0.15) is 151 Å². The molecule has 0 saturated heterocycles. The fourth-order valence-electron chi connectivity index (χ4n) is 5.85. The third kappa shape index (κ3) is 12.5. The van der Waals surface area contributed by atoms with E-state index in [9.17, 15) is 14.0 Å². The Kier molecular flexibility index (Phi) is 16.9. The molecule has 2 fully saturated rings. The molecule has 2 saturated carbocycles. The van der Waals surface area contributed by atoms with Crippen molar-refractivity contribution in [1.29, 1.82) is 0 Å². The number of hydrogen-bond donors (Lipinski definition) is 1. The summed E-state index contributed by atoms with van der Waals surface area (Å²) < 4.78 is 20.4. The quantitative estimate of drug-likeness (QED) is 0.214. The third-order valence-electron chi connectivity index (χ3n) is 10.2. The van der Waals surface area contributed by atoms with Crippen molar-refractivity contribution in [1.82, 2.24) is 4.98 Å². The van der Waals surface area contributed by atoms with Crippen molar-refractivity contribution in [3.05, 3.63) is 65.1 Å². The topological polar surface area (TPSA) is 76.5 Å². The highest BCUT2D eigenvalue weighted by atomic mass is 19.1. The van der Waals surface area contributed by atoms with E-state index in [1.165, 1.54) is 31.4 Å². The van der Waals surface area contributed by atoms with Crippen molar-refractivity contribution >= 4 is 17.8 Å². The normalized spacial score (nSPS) is 18.8. The summed E-state index contributed by atoms with van der Waals surface area (Å²) in [5.74, 6) is 0.326. The second-order valence-electron chi connectivity index (χ2n) is 15.0. The summed E-state index contributed by atoms with van der Waals surface area (Å²) in [6.07, 6.45) is 17.3. The van der Waals surface area contributed by atoms with E-state index in [-0.39, 0.29) is 34.5 Å². The molecule has 2 aliphatic rings. The summed E-state index contributed by atoms with van der Waals surface area (Å²) in [6, 6.07) is 8.68. The first-order valence-electron chi connectivity index (χ1n) is 18.7. The summed E-state index contributed by atoms with van der Waals surface area (Å²) in [4.78, 5) is 26.6. The lowest BCUT2D eigenvalue weighted by molar-refractivity contribution is -0.148. The van der Waals surface area contributed by atoms with Crippen molar-refractivity contribution in [2.24, 2.45) is 17.8 Å². The molecule has 2 unspecified atom stereocenters. The fourth-order valence-corrected chi connectivity index (χ4v) is 5.85. The van der Waals surface area contributed by atoms with Crippen LogP contribution in [0.3, 0.4) is 0 Å². The first kappa shape index (κ1) is 41.9. The predicted octanol–water partition coefficient (Wildman–Crippen LogP) is 12.2. The Balaban J connectivity index is 0.000000374. The minimum atomic E-state index is -0.754. The van der Waals surface area contributed by atoms with Crippen LogP contribution in [0, 0.1) is 23.6 Å². The number of ketones is 1. The average molecular weight is 678 g/mol. The number of carboxylic acids is 1. The lowest BCUT2D eigenvalue weighted by Gasteiger charge is -2.37. The Morgan fingerprint density at radius 1 is 1.02 bits per heavy atom. The molecule has 1 N–H and O–H groups in total. The van der Waals surface area contributed by atoms with E-state index in [0.717, 1.165) is 60.4 Å². The SMILES string of the molecule is CC=C1CCC1.CCC/C=C/c1nc(-c2ccc(F)cc2)cc(C(C)(C)C)c1OC(C)(CC)C(C)CC.CCCC(=O)C1CC(C(=O)O)C1. The summed E-state index contributed by atoms with van der Waals surface area (Å²) in [5, 5.41) is 8.55. The van der Waals surface area contributed by atoms with E-state index >= 15 is 0 Å². The van der Waals surface area contributed by atoms with Gasteiger partial charge >= 0.3 is 5.97 Å². The van der Waals surface area contributed by atoms with Gasteiger partial charge in [-0.25, -0.2) is 9.37 Å². The zero-order valence-corrected chi connectivity index (χ0v) is 32.1. The molecule has 2 aliphatic carbocycles. The lowest BCUT2D eigenvalue weighted by atomic mass is 9.72. The molecule has 0 bridgehead atoms. The Morgan fingerprint density at radius 2 is 1.65 bits per heavy atom. The molecule has 0 radical (unpaired) electrons. The van der Waals surface area contributed by atoms with Gasteiger partial charge in [-0.05, 0) is 119 Å². The predicted molar refractivity (Wildman–Crippen MR) is 202 cm³/mol. The molecule has 1 heterocycles. The Morgan fingerprint density at radius 3 is 2.08 bits per heavy atom. The third-order valence-corrected chi connectivity index (χ3v) is 10.2. The van der Waals surface area contributed by atoms with Crippen LogP contribution < -0.4 is 4.74 Å². The van der Waals surface area contributed by atoms with E-state index in [4.69, 9.17) is 14.8 Å². The minimum Gasteiger partial charge on any atom is -0.485 e. The molecular formula is C43H64FNO4. The Hall–Kier alpha value is -3.28. The van der Waals surface area contributed by atoms with E-state index in [1.54, 1.807) is 17.7 Å². The van der Waals surface area contributed by atoms with Gasteiger partial charge in [0.15, 0.2) is 0 Å². The van der Waals surface area contributed by atoms with Crippen LogP contribution in [-0.4, -0.2) is 27.4 Å². The summed E-state index contributed by atoms with van der Waals surface area (Å²) in [6.45, 7) is 21.7. The number of pyridine rings is 1. The van der Waals surface area contributed by atoms with Crippen LogP contribution in [0.4, 0.5) is 4.39 Å². The maximum atomic E-state index is 13.5. The first-order valence-corrected chi connectivity index (χ1v) is 18.7. The molecule has 272 valence electrons. The van der Waals surface area contributed by atoms with Crippen molar-refractivity contribution in [2.45, 2.75) is 151 Å². The zero-order valence-electron chi connectivity index (χ0n) is 32.1. The smallest absolute Gasteiger partial charge is 0.306 e. The van der Waals surface area contributed by atoms with Crippen molar-refractivity contribution in [2.75, 3.05) is 0 Å². The van der Waals surface area contributed by atoms with Gasteiger partial charge in [0.2, 0.25) is 0 Å². The van der Waals surface area contributed by atoms with Crippen LogP contribution in [0.15, 0.2) is 48.1 Å². The van der Waals surface area contributed by atoms with Crippen LogP contribution in [0.25, 0.3) is 17.3 Å². The number of carbonyl (C=O) groups excluding carboxylic acids is 1. The minimum absolute atomic E-state index is 0.0473. The first-order chi connectivity index (χ1) is 23.1. The van der Waals surface area contributed by atoms with Gasteiger partial charge in [0, 0.05) is 23.5 Å². The second-order valence-corrected chi connectivity index (χ2v) is 15.0. The monoisotopic (exact) mass is 677 g/mol. The number of aliphatic carboxylic acids is 1. The highest BCUT2D eigenvalue weighted by Crippen LogP contribution is 2.41. The molecule has 4 rings (SSSR count). The molecule has 0 spiro atoms. The van der Waals surface area contributed by atoms with Crippen LogP contribution in [0.5, 0.6) is 5.75 Å². The maximum absolute atomic E-state index is 13.5. The molecule has 5 nitrogen and oxygen atoms in total. The fraction of sp³-hybridized carbons (Fsp3) is 0.605. The van der Waals surface area contributed by atoms with Crippen LogP contribution >= 0.6 is 0 Å². The molecule has 0 amide bonds. The molecule has 1 aromatic heterocycles. The molecule has 2 atom stereocenters. The van der Waals surface area contributed by atoms with Gasteiger partial charge in [-0.3, -0.25) is 9.59 Å². The van der Waals surface area contributed by atoms with E-state index in [2.05, 4.69) is 86.6 Å². The maximum Gasteiger partial charge on any atom is 0.306 e. The number of halogens is 1. The van der Waals surface area contributed by atoms with Gasteiger partial charge in [-0.2, -0.15) is 0 Å². The van der Waals surface area contributed by atoms with E-state index < -0.39 is 5.97 Å². The standard InChI is InChI=1S/C28H40FNO.C9H14O3.C6H10/c1-9-12-13-14-24-26(31-28(8,11-3)20(4)10-2)23(27(5,6)7)19-25(30-24)21-15-17-22(29)18-16-21;1-2-3-8(10)6-4-7(5-6)9(11)12;1-2-6-4-3-5-6/h13-20H,9-12H2,1-8H3;6-7H,2-5H2,1H3,(H,11,12);2H,3-5H2,1H3/b14-13+;;. The van der Waals surface area contributed by atoms with Crippen molar-refractivity contribution < 1.29 is 23.8 Å². The van der Waals surface area contributed by atoms with Crippen molar-refractivity contribution in [3.63, 3.8) is 0 Å². The molecule has 49 heavy (non-hydrogen) atoms. The zero-order chi connectivity index (χ0) is 36.8. The highest BCUT2D eigenvalue weighted by molar-refractivity contribution is 5.84. The number of hydrogen-bond acceptors (Lipinski definition) is 4. The molecule has 1 aromatic carbocycles. The van der Waals surface area contributed by atoms with Gasteiger partial charge in [0.05, 0.1) is 11.6 Å². The van der Waals surface area contributed by atoms with Crippen LogP contribution in [-0.2, 0) is 15.0 Å². The van der Waals surface area contributed by atoms with Gasteiger partial charge < -0.3 is 9.84 Å². The Labute approximate surface area is 296 Å². The summed E-state index contributed by atoms with van der Waals surface area (Å²) in [7, 11) is 0. The number of carbonyl (C=O) groups is 2. The number of aromatic nitrogens is 1. The number of allylic oxidation sites excluding steroid dienone is 3. The molecule has 6 heteroatoms. The number of nitrogens with zero attached hydrogens (tertiary/aromatic N) is 1. The number of Topliss-reactive ketones (excluding diaryl/α,β-unsaturated/α-hetero) is 1. The van der Waals surface area contributed by atoms with Gasteiger partial charge in [-0.15, -0.1) is 0 Å². The molecule has 2 aromatic rings. The van der Waals surface area contributed by atoms with Crippen molar-refractivity contribution in [3.8, 4) is 17.0 Å². The highest BCUT2D eigenvalue weighted by Gasteiger charge is 2.38. The number of carboxylic acid groups (broad SMARTS) is 1. The van der Waals surface area contributed by atoms with E-state index in [0.29, 0.717) is 25.2 Å². The van der Waals surface area contributed by atoms with Gasteiger partial charge in [0.1, 0.15) is 28.6 Å². The van der Waals surface area contributed by atoms with Crippen LogP contribution in [0.2, 0.25) is 0 Å². The number of ether oxygens (including phenoxy) is 1. The van der Waals surface area contributed by atoms with Gasteiger partial charge in [0.25, 0.3) is 0 Å².